The first-order valence-electron chi connectivity index (χ1n) is 7.99. The molecule has 5 heteroatoms. The number of rotatable bonds is 4. The molecule has 2 aromatic rings. The zero-order valence-electron chi connectivity index (χ0n) is 13.6. The van der Waals surface area contributed by atoms with Crippen LogP contribution in [0.3, 0.4) is 0 Å². The summed E-state index contributed by atoms with van der Waals surface area (Å²) in [5, 5.41) is 2.69. The van der Waals surface area contributed by atoms with Gasteiger partial charge in [0, 0.05) is 17.8 Å². The molecule has 0 bridgehead atoms. The number of nitrogens with one attached hydrogen (secondary N) is 1. The average Bonchev–Trinajstić information content (AvgIpc) is 2.65. The zero-order valence-corrected chi connectivity index (χ0v) is 13.6. The number of amides is 2. The van der Waals surface area contributed by atoms with Crippen LogP contribution in [-0.4, -0.2) is 32.0 Å². The maximum absolute atomic E-state index is 12.5. The minimum absolute atomic E-state index is 0.0234. The minimum atomic E-state index is -0.285. The second kappa shape index (κ2) is 7.17. The van der Waals surface area contributed by atoms with E-state index >= 15 is 0 Å². The molecular formula is C19H20N2O3. The predicted octanol–water partition coefficient (Wildman–Crippen LogP) is 2.40. The molecule has 0 aromatic heterocycles. The van der Waals surface area contributed by atoms with Crippen molar-refractivity contribution in [1.82, 2.24) is 5.32 Å². The van der Waals surface area contributed by atoms with E-state index < -0.39 is 0 Å². The maximum Gasteiger partial charge on any atom is 0.251 e. The van der Waals surface area contributed by atoms with E-state index in [4.69, 9.17) is 4.74 Å². The summed E-state index contributed by atoms with van der Waals surface area (Å²) in [6.07, 6.45) is 1.92. The number of benzene rings is 2. The highest BCUT2D eigenvalue weighted by molar-refractivity contribution is 6.01. The number of anilines is 1. The van der Waals surface area contributed by atoms with Crippen molar-refractivity contribution in [3.05, 3.63) is 59.7 Å². The third kappa shape index (κ3) is 3.40. The summed E-state index contributed by atoms with van der Waals surface area (Å²) in [4.78, 5) is 26.5. The molecule has 0 fully saturated rings. The molecule has 124 valence electrons. The Labute approximate surface area is 141 Å². The average molecular weight is 324 g/mol. The lowest BCUT2D eigenvalue weighted by molar-refractivity contribution is -0.117. The Balaban J connectivity index is 1.65. The Morgan fingerprint density at radius 3 is 2.83 bits per heavy atom. The summed E-state index contributed by atoms with van der Waals surface area (Å²) in [5.41, 5.74) is 2.60. The molecule has 1 N–H and O–H groups in total. The van der Waals surface area contributed by atoms with Gasteiger partial charge in [0.25, 0.3) is 5.91 Å². The summed E-state index contributed by atoms with van der Waals surface area (Å²) < 4.78 is 5.11. The van der Waals surface area contributed by atoms with E-state index in [1.807, 2.05) is 24.3 Å². The number of carbonyl (C=O) groups excluding carboxylic acids is 2. The summed E-state index contributed by atoms with van der Waals surface area (Å²) in [6, 6.07) is 14.8. The van der Waals surface area contributed by atoms with Crippen LogP contribution in [0.2, 0.25) is 0 Å². The highest BCUT2D eigenvalue weighted by atomic mass is 16.5. The summed E-state index contributed by atoms with van der Waals surface area (Å²) >= 11 is 0. The topological polar surface area (TPSA) is 58.6 Å². The molecule has 1 heterocycles. The van der Waals surface area contributed by atoms with E-state index in [1.165, 1.54) is 5.56 Å². The maximum atomic E-state index is 12.5. The molecule has 2 amide bonds. The van der Waals surface area contributed by atoms with Gasteiger partial charge in [-0.05, 0) is 42.7 Å². The Kier molecular flexibility index (Phi) is 4.79. The second-order valence-corrected chi connectivity index (χ2v) is 5.69. The van der Waals surface area contributed by atoms with Gasteiger partial charge in [-0.2, -0.15) is 0 Å². The van der Waals surface area contributed by atoms with Gasteiger partial charge in [0.15, 0.2) is 0 Å². The number of fused-ring (bicyclic) bond motifs is 1. The number of carbonyl (C=O) groups is 2. The van der Waals surface area contributed by atoms with E-state index in [2.05, 4.69) is 5.32 Å². The lowest BCUT2D eigenvalue weighted by atomic mass is 10.0. The Bertz CT molecular complexity index is 758. The fraction of sp³-hybridized carbons (Fsp3) is 0.263. The SMILES string of the molecule is COc1cccc(C(=O)NCC(=O)N2CCCc3ccccc32)c1. The molecule has 0 saturated carbocycles. The summed E-state index contributed by atoms with van der Waals surface area (Å²) in [5.74, 6) is 0.227. The molecule has 0 atom stereocenters. The first kappa shape index (κ1) is 16.1. The summed E-state index contributed by atoms with van der Waals surface area (Å²) in [6.45, 7) is 0.662. The fourth-order valence-electron chi connectivity index (χ4n) is 2.91. The van der Waals surface area contributed by atoms with Gasteiger partial charge in [-0.1, -0.05) is 24.3 Å². The Morgan fingerprint density at radius 2 is 2.00 bits per heavy atom. The molecule has 0 unspecified atom stereocenters. The zero-order chi connectivity index (χ0) is 16.9. The number of ether oxygens (including phenoxy) is 1. The van der Waals surface area contributed by atoms with Crippen LogP contribution >= 0.6 is 0 Å². The van der Waals surface area contributed by atoms with E-state index in [9.17, 15) is 9.59 Å². The molecule has 2 aromatic carbocycles. The van der Waals surface area contributed by atoms with Gasteiger partial charge in [-0.3, -0.25) is 9.59 Å². The number of hydrogen-bond donors (Lipinski definition) is 1. The van der Waals surface area contributed by atoms with Crippen LogP contribution in [0.25, 0.3) is 0 Å². The number of aryl methyl sites for hydroxylation is 1. The van der Waals surface area contributed by atoms with Gasteiger partial charge in [0.1, 0.15) is 5.75 Å². The largest absolute Gasteiger partial charge is 0.497 e. The Morgan fingerprint density at radius 1 is 1.17 bits per heavy atom. The van der Waals surface area contributed by atoms with Crippen LogP contribution in [-0.2, 0) is 11.2 Å². The first-order valence-corrected chi connectivity index (χ1v) is 7.99. The van der Waals surface area contributed by atoms with Crippen LogP contribution in [0.5, 0.6) is 5.75 Å². The molecule has 24 heavy (non-hydrogen) atoms. The molecule has 0 saturated heterocycles. The van der Waals surface area contributed by atoms with Gasteiger partial charge in [-0.25, -0.2) is 0 Å². The van der Waals surface area contributed by atoms with Crippen molar-refractivity contribution >= 4 is 17.5 Å². The van der Waals surface area contributed by atoms with Crippen molar-refractivity contribution in [2.75, 3.05) is 25.1 Å². The van der Waals surface area contributed by atoms with Crippen LogP contribution in [0.4, 0.5) is 5.69 Å². The minimum Gasteiger partial charge on any atom is -0.497 e. The Hall–Kier alpha value is -2.82. The summed E-state index contributed by atoms with van der Waals surface area (Å²) in [7, 11) is 1.55. The normalized spacial score (nSPS) is 13.1. The third-order valence-electron chi connectivity index (χ3n) is 4.14. The van der Waals surface area contributed by atoms with E-state index in [-0.39, 0.29) is 18.4 Å². The number of hydrogen-bond acceptors (Lipinski definition) is 3. The molecule has 0 spiro atoms. The third-order valence-corrected chi connectivity index (χ3v) is 4.14. The van der Waals surface area contributed by atoms with Gasteiger partial charge in [-0.15, -0.1) is 0 Å². The monoisotopic (exact) mass is 324 g/mol. The van der Waals surface area contributed by atoms with Crippen molar-refractivity contribution in [2.24, 2.45) is 0 Å². The van der Waals surface area contributed by atoms with Crippen LogP contribution in [0, 0.1) is 0 Å². The van der Waals surface area contributed by atoms with Gasteiger partial charge < -0.3 is 15.0 Å². The van der Waals surface area contributed by atoms with E-state index in [0.29, 0.717) is 17.9 Å². The van der Waals surface area contributed by atoms with E-state index in [0.717, 1.165) is 18.5 Å². The lowest BCUT2D eigenvalue weighted by Crippen LogP contribution is -2.42. The molecule has 5 nitrogen and oxygen atoms in total. The molecular weight excluding hydrogens is 304 g/mol. The molecule has 1 aliphatic heterocycles. The van der Waals surface area contributed by atoms with E-state index in [1.54, 1.807) is 36.3 Å². The molecule has 0 aliphatic carbocycles. The number of para-hydroxylation sites is 1. The van der Waals surface area contributed by atoms with Crippen LogP contribution in [0.15, 0.2) is 48.5 Å². The standard InChI is InChI=1S/C19H20N2O3/c1-24-16-9-4-7-15(12-16)19(23)20-13-18(22)21-11-5-8-14-6-2-3-10-17(14)21/h2-4,6-7,9-10,12H,5,8,11,13H2,1H3,(H,20,23). The van der Waals surface area contributed by atoms with Crippen molar-refractivity contribution in [3.8, 4) is 5.75 Å². The fourth-order valence-corrected chi connectivity index (χ4v) is 2.91. The van der Waals surface area contributed by atoms with Crippen LogP contribution < -0.4 is 15.0 Å². The van der Waals surface area contributed by atoms with Gasteiger partial charge in [0.05, 0.1) is 13.7 Å². The quantitative estimate of drug-likeness (QED) is 0.939. The van der Waals surface area contributed by atoms with Crippen molar-refractivity contribution in [3.63, 3.8) is 0 Å². The first-order chi connectivity index (χ1) is 11.7. The molecule has 0 radical (unpaired) electrons. The highest BCUT2D eigenvalue weighted by Gasteiger charge is 2.22. The lowest BCUT2D eigenvalue weighted by Gasteiger charge is -2.29. The number of methoxy groups -OCH3 is 1. The predicted molar refractivity (Wildman–Crippen MR) is 92.4 cm³/mol. The van der Waals surface area contributed by atoms with Gasteiger partial charge >= 0.3 is 0 Å². The van der Waals surface area contributed by atoms with Crippen LogP contribution in [0.1, 0.15) is 22.3 Å². The second-order valence-electron chi connectivity index (χ2n) is 5.69. The van der Waals surface area contributed by atoms with Crippen molar-refractivity contribution in [1.29, 1.82) is 0 Å². The molecule has 1 aliphatic rings. The highest BCUT2D eigenvalue weighted by Crippen LogP contribution is 2.26. The number of nitrogens with zero attached hydrogens (tertiary/aromatic N) is 1. The van der Waals surface area contributed by atoms with Crippen molar-refractivity contribution in [2.45, 2.75) is 12.8 Å². The smallest absolute Gasteiger partial charge is 0.251 e. The van der Waals surface area contributed by atoms with Gasteiger partial charge in [0.2, 0.25) is 5.91 Å². The van der Waals surface area contributed by atoms with Crippen molar-refractivity contribution < 1.29 is 14.3 Å². The molecule has 3 rings (SSSR count).